The van der Waals surface area contributed by atoms with Gasteiger partial charge in [-0.3, -0.25) is 20.2 Å². The summed E-state index contributed by atoms with van der Waals surface area (Å²) in [4.78, 5) is 26.7. The lowest BCUT2D eigenvalue weighted by Gasteiger charge is -2.37. The number of nitrogens with one attached hydrogen (secondary N) is 1. The van der Waals surface area contributed by atoms with Gasteiger partial charge in [-0.2, -0.15) is 0 Å². The Hall–Kier alpha value is -3.69. The van der Waals surface area contributed by atoms with Crippen LogP contribution in [-0.4, -0.2) is 47.0 Å². The van der Waals surface area contributed by atoms with Gasteiger partial charge in [0.05, 0.1) is 15.6 Å². The lowest BCUT2D eigenvalue weighted by atomic mass is 10.2. The number of nitrogens with zero attached hydrogens (tertiary/aromatic N) is 3. The fourth-order valence-corrected chi connectivity index (χ4v) is 4.18. The van der Waals surface area contributed by atoms with Crippen molar-refractivity contribution in [1.82, 2.24) is 10.2 Å². The molecule has 2 heterocycles. The standard InChI is InChI=1S/C24H21ClN4O4S/c25-20-16-18(29(31)32)6-9-21(20)27-12-14-28(15-13-27)24(34)26-23(30)11-8-19-7-10-22(33-19)17-4-2-1-3-5-17/h1-11,16H,12-15H2,(H,26,30,34)/b11-8+. The van der Waals surface area contributed by atoms with E-state index >= 15 is 0 Å². The van der Waals surface area contributed by atoms with E-state index in [0.29, 0.717) is 42.1 Å². The number of anilines is 1. The van der Waals surface area contributed by atoms with Crippen LogP contribution in [0.5, 0.6) is 0 Å². The van der Waals surface area contributed by atoms with Gasteiger partial charge in [-0.15, -0.1) is 0 Å². The summed E-state index contributed by atoms with van der Waals surface area (Å²) in [6.45, 7) is 2.37. The zero-order valence-corrected chi connectivity index (χ0v) is 19.6. The maximum absolute atomic E-state index is 12.3. The Morgan fingerprint density at radius 1 is 1.09 bits per heavy atom. The molecule has 0 unspecified atom stereocenters. The molecule has 0 aliphatic carbocycles. The van der Waals surface area contributed by atoms with E-state index in [4.69, 9.17) is 28.2 Å². The molecule has 0 spiro atoms. The highest BCUT2D eigenvalue weighted by atomic mass is 35.5. The zero-order chi connectivity index (χ0) is 24.1. The molecule has 1 fully saturated rings. The average molecular weight is 497 g/mol. The molecular formula is C24H21ClN4O4S. The number of thiocarbonyl (C=S) groups is 1. The van der Waals surface area contributed by atoms with Gasteiger partial charge < -0.3 is 14.2 Å². The topological polar surface area (TPSA) is 91.9 Å². The van der Waals surface area contributed by atoms with Gasteiger partial charge in [-0.05, 0) is 36.5 Å². The Labute approximate surface area is 206 Å². The second-order valence-corrected chi connectivity index (χ2v) is 8.36. The van der Waals surface area contributed by atoms with Crippen LogP contribution in [0.15, 0.2) is 71.2 Å². The third kappa shape index (κ3) is 5.62. The fourth-order valence-electron chi connectivity index (χ4n) is 3.60. The van der Waals surface area contributed by atoms with Gasteiger partial charge in [0, 0.05) is 50.0 Å². The van der Waals surface area contributed by atoms with E-state index in [1.807, 2.05) is 46.2 Å². The lowest BCUT2D eigenvalue weighted by Crippen LogP contribution is -2.52. The van der Waals surface area contributed by atoms with Crippen molar-refractivity contribution in [1.29, 1.82) is 0 Å². The molecule has 1 amide bonds. The highest BCUT2D eigenvalue weighted by Gasteiger charge is 2.22. The van der Waals surface area contributed by atoms with Crippen molar-refractivity contribution in [3.63, 3.8) is 0 Å². The largest absolute Gasteiger partial charge is 0.457 e. The number of carbonyl (C=O) groups excluding carboxylic acids is 1. The summed E-state index contributed by atoms with van der Waals surface area (Å²) >= 11 is 11.6. The average Bonchev–Trinajstić information content (AvgIpc) is 3.32. The molecule has 3 aromatic rings. The number of benzene rings is 2. The summed E-state index contributed by atoms with van der Waals surface area (Å²) in [7, 11) is 0. The SMILES string of the molecule is O=C(/C=C/c1ccc(-c2ccccc2)o1)NC(=S)N1CCN(c2ccc([N+](=O)[O-])cc2Cl)CC1. The van der Waals surface area contributed by atoms with Gasteiger partial charge in [-0.1, -0.05) is 41.9 Å². The number of carbonyl (C=O) groups is 1. The van der Waals surface area contributed by atoms with E-state index in [0.717, 1.165) is 17.0 Å². The minimum Gasteiger partial charge on any atom is -0.457 e. The number of furan rings is 1. The molecule has 174 valence electrons. The summed E-state index contributed by atoms with van der Waals surface area (Å²) in [5.41, 5.74) is 1.65. The Bertz CT molecular complexity index is 1240. The van der Waals surface area contributed by atoms with Crippen LogP contribution in [0.2, 0.25) is 5.02 Å². The molecule has 8 nitrogen and oxygen atoms in total. The number of nitro benzene ring substituents is 1. The number of piperazine rings is 1. The van der Waals surface area contributed by atoms with Gasteiger partial charge in [0.15, 0.2) is 5.11 Å². The van der Waals surface area contributed by atoms with Crippen LogP contribution >= 0.6 is 23.8 Å². The summed E-state index contributed by atoms with van der Waals surface area (Å²) in [6.07, 6.45) is 2.98. The zero-order valence-electron chi connectivity index (χ0n) is 18.0. The first-order valence-electron chi connectivity index (χ1n) is 10.5. The lowest BCUT2D eigenvalue weighted by molar-refractivity contribution is -0.384. The summed E-state index contributed by atoms with van der Waals surface area (Å²) in [5, 5.41) is 14.3. The number of hydrogen-bond donors (Lipinski definition) is 1. The maximum atomic E-state index is 12.3. The molecule has 1 aliphatic rings. The van der Waals surface area contributed by atoms with Crippen molar-refractivity contribution < 1.29 is 14.1 Å². The van der Waals surface area contributed by atoms with E-state index in [1.54, 1.807) is 18.2 Å². The fraction of sp³-hybridized carbons (Fsp3) is 0.167. The van der Waals surface area contributed by atoms with Crippen LogP contribution in [0.3, 0.4) is 0 Å². The van der Waals surface area contributed by atoms with E-state index in [2.05, 4.69) is 5.32 Å². The number of amides is 1. The number of nitro groups is 1. The van der Waals surface area contributed by atoms with Crippen molar-refractivity contribution >= 4 is 52.3 Å². The van der Waals surface area contributed by atoms with Crippen LogP contribution < -0.4 is 10.2 Å². The molecule has 1 saturated heterocycles. The molecule has 1 N–H and O–H groups in total. The van der Waals surface area contributed by atoms with Crippen molar-refractivity contribution in [3.8, 4) is 11.3 Å². The van der Waals surface area contributed by atoms with Crippen LogP contribution in [0.1, 0.15) is 5.76 Å². The van der Waals surface area contributed by atoms with Gasteiger partial charge >= 0.3 is 0 Å². The molecule has 0 atom stereocenters. The minimum absolute atomic E-state index is 0.0461. The molecule has 2 aromatic carbocycles. The van der Waals surface area contributed by atoms with Crippen LogP contribution in [0, 0.1) is 10.1 Å². The maximum Gasteiger partial charge on any atom is 0.271 e. The highest BCUT2D eigenvalue weighted by molar-refractivity contribution is 7.80. The molecule has 34 heavy (non-hydrogen) atoms. The molecule has 0 radical (unpaired) electrons. The summed E-state index contributed by atoms with van der Waals surface area (Å²) < 4.78 is 5.76. The van der Waals surface area contributed by atoms with Crippen molar-refractivity contribution in [2.45, 2.75) is 0 Å². The Morgan fingerprint density at radius 3 is 2.50 bits per heavy atom. The van der Waals surface area contributed by atoms with E-state index in [-0.39, 0.29) is 11.6 Å². The molecular weight excluding hydrogens is 476 g/mol. The molecule has 10 heteroatoms. The second-order valence-electron chi connectivity index (χ2n) is 7.56. The van der Waals surface area contributed by atoms with Crippen LogP contribution in [0.25, 0.3) is 17.4 Å². The quantitative estimate of drug-likeness (QED) is 0.236. The van der Waals surface area contributed by atoms with Gasteiger partial charge in [0.1, 0.15) is 11.5 Å². The molecule has 0 bridgehead atoms. The van der Waals surface area contributed by atoms with Gasteiger partial charge in [0.2, 0.25) is 5.91 Å². The normalized spacial score (nSPS) is 13.8. The smallest absolute Gasteiger partial charge is 0.271 e. The highest BCUT2D eigenvalue weighted by Crippen LogP contribution is 2.30. The monoisotopic (exact) mass is 496 g/mol. The molecule has 4 rings (SSSR count). The first kappa shape index (κ1) is 23.5. The van der Waals surface area contributed by atoms with Crippen molar-refractivity contribution in [3.05, 3.63) is 87.6 Å². The first-order valence-corrected chi connectivity index (χ1v) is 11.3. The number of non-ortho nitro benzene ring substituents is 1. The van der Waals surface area contributed by atoms with Crippen LogP contribution in [0.4, 0.5) is 11.4 Å². The summed E-state index contributed by atoms with van der Waals surface area (Å²) in [6, 6.07) is 17.8. The predicted molar refractivity (Wildman–Crippen MR) is 136 cm³/mol. The third-order valence-electron chi connectivity index (χ3n) is 5.36. The van der Waals surface area contributed by atoms with Gasteiger partial charge in [0.25, 0.3) is 5.69 Å². The molecule has 1 aliphatic heterocycles. The molecule has 1 aromatic heterocycles. The first-order chi connectivity index (χ1) is 16.4. The van der Waals surface area contributed by atoms with Crippen molar-refractivity contribution in [2.24, 2.45) is 0 Å². The number of halogens is 1. The Balaban J connectivity index is 1.28. The van der Waals surface area contributed by atoms with Gasteiger partial charge in [-0.25, -0.2) is 0 Å². The number of rotatable bonds is 5. The minimum atomic E-state index is -0.475. The van der Waals surface area contributed by atoms with E-state index in [1.165, 1.54) is 18.2 Å². The predicted octanol–water partition coefficient (Wildman–Crippen LogP) is 4.74. The number of hydrogen-bond acceptors (Lipinski definition) is 6. The Morgan fingerprint density at radius 2 is 1.82 bits per heavy atom. The Kier molecular flexibility index (Phi) is 7.24. The second kappa shape index (κ2) is 10.5. The van der Waals surface area contributed by atoms with Crippen molar-refractivity contribution in [2.75, 3.05) is 31.1 Å². The van der Waals surface area contributed by atoms with E-state index < -0.39 is 4.92 Å². The van der Waals surface area contributed by atoms with Crippen LogP contribution in [-0.2, 0) is 4.79 Å². The molecule has 0 saturated carbocycles. The van der Waals surface area contributed by atoms with E-state index in [9.17, 15) is 14.9 Å². The summed E-state index contributed by atoms with van der Waals surface area (Å²) in [5.74, 6) is 0.944. The third-order valence-corrected chi connectivity index (χ3v) is 6.03.